The Balaban J connectivity index is 1.79. The van der Waals surface area contributed by atoms with Crippen molar-refractivity contribution in [1.29, 1.82) is 0 Å². The summed E-state index contributed by atoms with van der Waals surface area (Å²) < 4.78 is 3.54. The maximum absolute atomic E-state index is 12.6. The molecule has 0 unspecified atom stereocenters. The van der Waals surface area contributed by atoms with E-state index >= 15 is 0 Å². The van der Waals surface area contributed by atoms with Crippen molar-refractivity contribution < 1.29 is 4.79 Å². The lowest BCUT2D eigenvalue weighted by molar-refractivity contribution is 0.102. The molecule has 0 atom stereocenters. The summed E-state index contributed by atoms with van der Waals surface area (Å²) in [7, 11) is 1.82. The molecule has 0 bridgehead atoms. The van der Waals surface area contributed by atoms with Crippen molar-refractivity contribution in [3.05, 3.63) is 63.6 Å². The molecule has 3 rings (SSSR count). The fraction of sp³-hybridized carbons (Fsp3) is 0.278. The SMILES string of the molecule is Cc1nn(C)c(C)c1C(=O)Nc1cc(C)n(Cc2cccc(Cl)c2)n1. The van der Waals surface area contributed by atoms with Gasteiger partial charge in [-0.2, -0.15) is 10.2 Å². The van der Waals surface area contributed by atoms with E-state index in [0.717, 1.165) is 17.0 Å². The van der Waals surface area contributed by atoms with Gasteiger partial charge in [-0.1, -0.05) is 23.7 Å². The minimum atomic E-state index is -0.199. The molecule has 1 aromatic carbocycles. The molecule has 0 aliphatic rings. The van der Waals surface area contributed by atoms with Crippen LogP contribution in [0.5, 0.6) is 0 Å². The van der Waals surface area contributed by atoms with Crippen LogP contribution in [0.1, 0.15) is 33.0 Å². The summed E-state index contributed by atoms with van der Waals surface area (Å²) in [6.45, 7) is 6.24. The van der Waals surface area contributed by atoms with Crippen molar-refractivity contribution in [1.82, 2.24) is 19.6 Å². The Morgan fingerprint density at radius 1 is 1.20 bits per heavy atom. The number of anilines is 1. The fourth-order valence-electron chi connectivity index (χ4n) is 2.82. The molecular weight excluding hydrogens is 338 g/mol. The topological polar surface area (TPSA) is 64.7 Å². The molecule has 0 radical (unpaired) electrons. The fourth-order valence-corrected chi connectivity index (χ4v) is 3.03. The molecule has 2 aromatic heterocycles. The van der Waals surface area contributed by atoms with E-state index in [4.69, 9.17) is 11.6 Å². The normalized spacial score (nSPS) is 10.9. The maximum Gasteiger partial charge on any atom is 0.260 e. The first-order chi connectivity index (χ1) is 11.8. The lowest BCUT2D eigenvalue weighted by Gasteiger charge is -2.05. The van der Waals surface area contributed by atoms with Crippen LogP contribution in [0, 0.1) is 20.8 Å². The first-order valence-corrected chi connectivity index (χ1v) is 8.33. The Morgan fingerprint density at radius 3 is 2.60 bits per heavy atom. The number of halogens is 1. The molecule has 0 spiro atoms. The molecule has 25 heavy (non-hydrogen) atoms. The van der Waals surface area contributed by atoms with Gasteiger partial charge in [-0.3, -0.25) is 14.2 Å². The standard InChI is InChI=1S/C18H20ClN5O/c1-11-8-16(20-18(25)17-12(2)21-23(4)13(17)3)22-24(11)10-14-6-5-7-15(19)9-14/h5-9H,10H2,1-4H3,(H,20,22,25). The first kappa shape index (κ1) is 17.2. The van der Waals surface area contributed by atoms with Gasteiger partial charge in [0.15, 0.2) is 5.82 Å². The van der Waals surface area contributed by atoms with Crippen LogP contribution in [0.2, 0.25) is 5.02 Å². The van der Waals surface area contributed by atoms with E-state index in [-0.39, 0.29) is 5.91 Å². The van der Waals surface area contributed by atoms with Crippen molar-refractivity contribution in [2.45, 2.75) is 27.3 Å². The van der Waals surface area contributed by atoms with E-state index in [1.165, 1.54) is 0 Å². The molecule has 0 saturated heterocycles. The number of hydrogen-bond acceptors (Lipinski definition) is 3. The molecule has 0 aliphatic carbocycles. The molecule has 0 saturated carbocycles. The largest absolute Gasteiger partial charge is 0.305 e. The summed E-state index contributed by atoms with van der Waals surface area (Å²) in [4.78, 5) is 12.6. The average molecular weight is 358 g/mol. The number of aryl methyl sites for hydroxylation is 3. The third-order valence-corrected chi connectivity index (χ3v) is 4.42. The monoisotopic (exact) mass is 357 g/mol. The Kier molecular flexibility index (Phi) is 4.63. The van der Waals surface area contributed by atoms with Gasteiger partial charge >= 0.3 is 0 Å². The van der Waals surface area contributed by atoms with E-state index in [1.807, 2.05) is 62.8 Å². The molecule has 1 N–H and O–H groups in total. The molecule has 0 fully saturated rings. The zero-order chi connectivity index (χ0) is 18.1. The quantitative estimate of drug-likeness (QED) is 0.777. The third-order valence-electron chi connectivity index (χ3n) is 4.18. The van der Waals surface area contributed by atoms with Crippen LogP contribution in [0.25, 0.3) is 0 Å². The van der Waals surface area contributed by atoms with E-state index in [9.17, 15) is 4.79 Å². The minimum Gasteiger partial charge on any atom is -0.305 e. The van der Waals surface area contributed by atoms with Gasteiger partial charge in [-0.15, -0.1) is 0 Å². The molecule has 6 nitrogen and oxygen atoms in total. The van der Waals surface area contributed by atoms with Gasteiger partial charge < -0.3 is 5.32 Å². The highest BCUT2D eigenvalue weighted by Gasteiger charge is 2.18. The summed E-state index contributed by atoms with van der Waals surface area (Å²) in [5, 5.41) is 12.3. The Morgan fingerprint density at radius 2 is 1.96 bits per heavy atom. The summed E-state index contributed by atoms with van der Waals surface area (Å²) >= 11 is 6.03. The van der Waals surface area contributed by atoms with Crippen LogP contribution >= 0.6 is 11.6 Å². The summed E-state index contributed by atoms with van der Waals surface area (Å²) in [6.07, 6.45) is 0. The number of amides is 1. The smallest absolute Gasteiger partial charge is 0.260 e. The van der Waals surface area contributed by atoms with Crippen molar-refractivity contribution in [2.75, 3.05) is 5.32 Å². The highest BCUT2D eigenvalue weighted by Crippen LogP contribution is 2.17. The predicted molar refractivity (Wildman–Crippen MR) is 98.2 cm³/mol. The van der Waals surface area contributed by atoms with Crippen molar-refractivity contribution in [3.8, 4) is 0 Å². The first-order valence-electron chi connectivity index (χ1n) is 7.95. The number of carbonyl (C=O) groups is 1. The summed E-state index contributed by atoms with van der Waals surface area (Å²) in [5.74, 6) is 0.322. The molecule has 130 valence electrons. The maximum atomic E-state index is 12.6. The molecular formula is C18H20ClN5O. The highest BCUT2D eigenvalue weighted by molar-refractivity contribution is 6.30. The van der Waals surface area contributed by atoms with Gasteiger partial charge in [-0.05, 0) is 38.5 Å². The van der Waals surface area contributed by atoms with E-state index < -0.39 is 0 Å². The number of rotatable bonds is 4. The van der Waals surface area contributed by atoms with Gasteiger partial charge in [0.2, 0.25) is 0 Å². The van der Waals surface area contributed by atoms with E-state index in [0.29, 0.717) is 28.6 Å². The number of aromatic nitrogens is 4. The molecule has 2 heterocycles. The number of benzene rings is 1. The second kappa shape index (κ2) is 6.72. The number of nitrogens with zero attached hydrogens (tertiary/aromatic N) is 4. The minimum absolute atomic E-state index is 0.199. The van der Waals surface area contributed by atoms with Gasteiger partial charge in [0.25, 0.3) is 5.91 Å². The Hall–Kier alpha value is -2.60. The van der Waals surface area contributed by atoms with Crippen molar-refractivity contribution in [3.63, 3.8) is 0 Å². The van der Waals surface area contributed by atoms with Crippen LogP contribution in [0.15, 0.2) is 30.3 Å². The van der Waals surface area contributed by atoms with Crippen LogP contribution < -0.4 is 5.32 Å². The van der Waals surface area contributed by atoms with E-state index in [1.54, 1.807) is 4.68 Å². The van der Waals surface area contributed by atoms with Crippen LogP contribution in [-0.2, 0) is 13.6 Å². The number of nitrogens with one attached hydrogen (secondary N) is 1. The van der Waals surface area contributed by atoms with Crippen LogP contribution in [0.4, 0.5) is 5.82 Å². The lowest BCUT2D eigenvalue weighted by atomic mass is 10.2. The van der Waals surface area contributed by atoms with Crippen molar-refractivity contribution in [2.24, 2.45) is 7.05 Å². The summed E-state index contributed by atoms with van der Waals surface area (Å²) in [5.41, 5.74) is 4.12. The number of hydrogen-bond donors (Lipinski definition) is 1. The molecule has 3 aromatic rings. The molecule has 7 heteroatoms. The van der Waals surface area contributed by atoms with Crippen molar-refractivity contribution >= 4 is 23.3 Å². The number of carbonyl (C=O) groups excluding carboxylic acids is 1. The summed E-state index contributed by atoms with van der Waals surface area (Å²) in [6, 6.07) is 9.50. The zero-order valence-electron chi connectivity index (χ0n) is 14.7. The predicted octanol–water partition coefficient (Wildman–Crippen LogP) is 3.50. The van der Waals surface area contributed by atoms with Gasteiger partial charge in [0.1, 0.15) is 0 Å². The molecule has 1 amide bonds. The van der Waals surface area contributed by atoms with Crippen LogP contribution in [-0.4, -0.2) is 25.5 Å². The van der Waals surface area contributed by atoms with E-state index in [2.05, 4.69) is 15.5 Å². The zero-order valence-corrected chi connectivity index (χ0v) is 15.4. The van der Waals surface area contributed by atoms with Gasteiger partial charge in [0, 0.05) is 29.5 Å². The third kappa shape index (κ3) is 3.58. The second-order valence-electron chi connectivity index (χ2n) is 6.08. The van der Waals surface area contributed by atoms with Crippen LogP contribution in [0.3, 0.4) is 0 Å². The highest BCUT2D eigenvalue weighted by atomic mass is 35.5. The average Bonchev–Trinajstić information content (AvgIpc) is 2.98. The Bertz CT molecular complexity index is 941. The Labute approximate surface area is 151 Å². The molecule has 0 aliphatic heterocycles. The lowest BCUT2D eigenvalue weighted by Crippen LogP contribution is -2.15. The second-order valence-corrected chi connectivity index (χ2v) is 6.52. The van der Waals surface area contributed by atoms with Gasteiger partial charge in [0.05, 0.1) is 17.8 Å². The van der Waals surface area contributed by atoms with Gasteiger partial charge in [-0.25, -0.2) is 0 Å².